The summed E-state index contributed by atoms with van der Waals surface area (Å²) in [5.74, 6) is 0.229. The van der Waals surface area contributed by atoms with Crippen LogP contribution in [0.1, 0.15) is 5.56 Å². The molecule has 1 atom stereocenters. The molecule has 0 aromatic heterocycles. The van der Waals surface area contributed by atoms with E-state index in [1.54, 1.807) is 17.8 Å². The molecule has 1 heterocycles. The van der Waals surface area contributed by atoms with Crippen molar-refractivity contribution in [2.75, 3.05) is 0 Å². The van der Waals surface area contributed by atoms with Gasteiger partial charge in [0.05, 0.1) is 5.25 Å². The smallest absolute Gasteiger partial charge is 0.173 e. The number of thioether (sulfide) groups is 1. The summed E-state index contributed by atoms with van der Waals surface area (Å²) in [6.07, 6.45) is 6.54. The van der Waals surface area contributed by atoms with Crippen LogP contribution in [0.3, 0.4) is 0 Å². The summed E-state index contributed by atoms with van der Waals surface area (Å²) in [5.41, 5.74) is 2.58. The van der Waals surface area contributed by atoms with Gasteiger partial charge in [-0.3, -0.25) is 4.79 Å². The van der Waals surface area contributed by atoms with E-state index >= 15 is 0 Å². The molecule has 15 heavy (non-hydrogen) atoms. The highest BCUT2D eigenvalue weighted by atomic mass is 32.2. The molecular weight excluding hydrogens is 204 g/mol. The number of hydrogen-bond donors (Lipinski definition) is 0. The highest BCUT2D eigenvalue weighted by molar-refractivity contribution is 8.01. The minimum absolute atomic E-state index is 0.0323. The van der Waals surface area contributed by atoms with E-state index in [2.05, 4.69) is 24.3 Å². The third-order valence-electron chi connectivity index (χ3n) is 2.78. The highest BCUT2D eigenvalue weighted by Gasteiger charge is 2.29. The van der Waals surface area contributed by atoms with E-state index in [1.165, 1.54) is 16.0 Å². The van der Waals surface area contributed by atoms with E-state index < -0.39 is 0 Å². The Labute approximate surface area is 92.9 Å². The lowest BCUT2D eigenvalue weighted by molar-refractivity contribution is -0.113. The number of fused-ring (bicyclic) bond motifs is 2. The van der Waals surface area contributed by atoms with Crippen LogP contribution < -0.4 is 0 Å². The molecule has 0 fully saturated rings. The average molecular weight is 214 g/mol. The largest absolute Gasteiger partial charge is 0.293 e. The first kappa shape index (κ1) is 8.98. The lowest BCUT2D eigenvalue weighted by Gasteiger charge is -2.26. The fourth-order valence-corrected chi connectivity index (χ4v) is 3.23. The molecule has 1 unspecified atom stereocenters. The Bertz CT molecular complexity index is 485. The van der Waals surface area contributed by atoms with Crippen LogP contribution in [0.25, 0.3) is 0 Å². The summed E-state index contributed by atoms with van der Waals surface area (Å²) in [5, 5.41) is 0.0323. The van der Waals surface area contributed by atoms with Crippen molar-refractivity contribution in [3.8, 4) is 0 Å². The maximum atomic E-state index is 11.7. The van der Waals surface area contributed by atoms with E-state index in [1.807, 2.05) is 12.1 Å². The molecule has 2 heteroatoms. The van der Waals surface area contributed by atoms with Crippen molar-refractivity contribution in [3.05, 3.63) is 53.6 Å². The zero-order valence-electron chi connectivity index (χ0n) is 8.14. The van der Waals surface area contributed by atoms with Gasteiger partial charge in [0, 0.05) is 4.90 Å². The van der Waals surface area contributed by atoms with Gasteiger partial charge in [0.25, 0.3) is 0 Å². The van der Waals surface area contributed by atoms with E-state index in [0.717, 1.165) is 6.42 Å². The molecule has 1 aliphatic heterocycles. The van der Waals surface area contributed by atoms with Crippen molar-refractivity contribution in [2.24, 2.45) is 0 Å². The molecule has 0 bridgehead atoms. The van der Waals surface area contributed by atoms with Crippen molar-refractivity contribution < 1.29 is 4.79 Å². The second-order valence-electron chi connectivity index (χ2n) is 3.79. The van der Waals surface area contributed by atoms with Crippen LogP contribution in [0.4, 0.5) is 0 Å². The topological polar surface area (TPSA) is 17.1 Å². The van der Waals surface area contributed by atoms with Gasteiger partial charge in [-0.15, -0.1) is 11.8 Å². The van der Waals surface area contributed by atoms with Crippen molar-refractivity contribution in [2.45, 2.75) is 16.6 Å². The summed E-state index contributed by atoms with van der Waals surface area (Å²) in [6.45, 7) is 0. The lowest BCUT2D eigenvalue weighted by Crippen LogP contribution is -2.24. The Kier molecular flexibility index (Phi) is 2.03. The van der Waals surface area contributed by atoms with Crippen LogP contribution in [-0.4, -0.2) is 11.0 Å². The van der Waals surface area contributed by atoms with Crippen molar-refractivity contribution >= 4 is 17.5 Å². The van der Waals surface area contributed by atoms with Crippen molar-refractivity contribution in [1.29, 1.82) is 0 Å². The number of carbonyl (C=O) groups is 1. The monoisotopic (exact) mass is 214 g/mol. The van der Waals surface area contributed by atoms with Gasteiger partial charge in [0.1, 0.15) is 0 Å². The van der Waals surface area contributed by atoms with Gasteiger partial charge in [-0.2, -0.15) is 0 Å². The molecule has 1 aromatic carbocycles. The molecule has 74 valence electrons. The van der Waals surface area contributed by atoms with Gasteiger partial charge in [-0.05, 0) is 29.7 Å². The zero-order valence-corrected chi connectivity index (χ0v) is 8.96. The van der Waals surface area contributed by atoms with Gasteiger partial charge < -0.3 is 0 Å². The number of rotatable bonds is 0. The first-order valence-electron chi connectivity index (χ1n) is 5.00. The summed E-state index contributed by atoms with van der Waals surface area (Å²) in [7, 11) is 0. The molecule has 1 nitrogen and oxygen atoms in total. The van der Waals surface area contributed by atoms with Gasteiger partial charge in [0.15, 0.2) is 5.78 Å². The van der Waals surface area contributed by atoms with Crippen molar-refractivity contribution in [3.63, 3.8) is 0 Å². The van der Waals surface area contributed by atoms with E-state index in [-0.39, 0.29) is 11.0 Å². The Hall–Kier alpha value is -1.28. The lowest BCUT2D eigenvalue weighted by atomic mass is 9.96. The maximum absolute atomic E-state index is 11.7. The number of benzene rings is 1. The predicted octanol–water partition coefficient (Wildman–Crippen LogP) is 2.77. The number of allylic oxidation sites excluding steroid dienone is 3. The summed E-state index contributed by atoms with van der Waals surface area (Å²) in [4.78, 5) is 12.9. The van der Waals surface area contributed by atoms with Gasteiger partial charge >= 0.3 is 0 Å². The first-order valence-corrected chi connectivity index (χ1v) is 5.88. The maximum Gasteiger partial charge on any atom is 0.173 e. The Morgan fingerprint density at radius 2 is 2.13 bits per heavy atom. The second-order valence-corrected chi connectivity index (χ2v) is 4.93. The fourth-order valence-electron chi connectivity index (χ4n) is 2.02. The Morgan fingerprint density at radius 3 is 3.07 bits per heavy atom. The van der Waals surface area contributed by atoms with E-state index in [0.29, 0.717) is 0 Å². The minimum atomic E-state index is 0.0323. The standard InChI is InChI=1S/C13H10OS/c14-11-6-3-5-10-8-9-4-1-2-7-12(9)15-13(10)11/h1-7,13H,8H2. The molecule has 2 aliphatic rings. The van der Waals surface area contributed by atoms with Crippen LogP contribution in [0.5, 0.6) is 0 Å². The summed E-state index contributed by atoms with van der Waals surface area (Å²) >= 11 is 1.68. The number of hydrogen-bond acceptors (Lipinski definition) is 2. The number of ketones is 1. The normalized spacial score (nSPS) is 23.1. The fraction of sp³-hybridized carbons (Fsp3) is 0.154. The molecular formula is C13H10OS. The Balaban J connectivity index is 2.06. The van der Waals surface area contributed by atoms with Crippen LogP contribution in [-0.2, 0) is 11.2 Å². The molecule has 0 radical (unpaired) electrons. The molecule has 0 N–H and O–H groups in total. The Morgan fingerprint density at radius 1 is 1.27 bits per heavy atom. The first-order chi connectivity index (χ1) is 7.34. The molecule has 1 aliphatic carbocycles. The number of carbonyl (C=O) groups excluding carboxylic acids is 1. The van der Waals surface area contributed by atoms with Crippen LogP contribution in [0.15, 0.2) is 53.0 Å². The summed E-state index contributed by atoms with van der Waals surface area (Å²) < 4.78 is 0. The van der Waals surface area contributed by atoms with Gasteiger partial charge in [-0.25, -0.2) is 0 Å². The second kappa shape index (κ2) is 3.38. The van der Waals surface area contributed by atoms with Gasteiger partial charge in [-0.1, -0.05) is 30.4 Å². The molecule has 1 aromatic rings. The minimum Gasteiger partial charge on any atom is -0.293 e. The molecule has 0 amide bonds. The molecule has 0 saturated heterocycles. The SMILES string of the molecule is O=C1C=CC=C2Cc3ccccc3SC12. The average Bonchev–Trinajstić information content (AvgIpc) is 2.27. The predicted molar refractivity (Wildman–Crippen MR) is 62.0 cm³/mol. The highest BCUT2D eigenvalue weighted by Crippen LogP contribution is 2.39. The quantitative estimate of drug-likeness (QED) is 0.660. The molecule has 0 spiro atoms. The van der Waals surface area contributed by atoms with E-state index in [4.69, 9.17) is 0 Å². The van der Waals surface area contributed by atoms with Gasteiger partial charge in [0.2, 0.25) is 0 Å². The van der Waals surface area contributed by atoms with E-state index in [9.17, 15) is 4.79 Å². The van der Waals surface area contributed by atoms with Crippen LogP contribution >= 0.6 is 11.8 Å². The van der Waals surface area contributed by atoms with Crippen LogP contribution in [0, 0.1) is 0 Å². The zero-order chi connectivity index (χ0) is 10.3. The molecule has 0 saturated carbocycles. The third-order valence-corrected chi connectivity index (χ3v) is 4.20. The summed E-state index contributed by atoms with van der Waals surface area (Å²) in [6, 6.07) is 8.33. The molecule has 3 rings (SSSR count). The van der Waals surface area contributed by atoms with Crippen LogP contribution in [0.2, 0.25) is 0 Å². The third kappa shape index (κ3) is 1.45. The van der Waals surface area contributed by atoms with Crippen molar-refractivity contribution in [1.82, 2.24) is 0 Å².